The van der Waals surface area contributed by atoms with Crippen molar-refractivity contribution in [3.05, 3.63) is 24.2 Å². The number of nitrogens with one attached hydrogen (secondary N) is 1. The monoisotopic (exact) mass is 199 g/mol. The summed E-state index contributed by atoms with van der Waals surface area (Å²) in [6, 6.07) is 0. The van der Waals surface area contributed by atoms with Gasteiger partial charge in [-0.15, -0.1) is 0 Å². The van der Waals surface area contributed by atoms with Gasteiger partial charge in [0.15, 0.2) is 0 Å². The molecular formula is C8H13N3O3. The number of carbonyl (C=O) groups is 2. The summed E-state index contributed by atoms with van der Waals surface area (Å²) in [5, 5.41) is 10.8. The molecule has 0 rings (SSSR count). The van der Waals surface area contributed by atoms with Gasteiger partial charge in [0.05, 0.1) is 5.70 Å². The Morgan fingerprint density at radius 3 is 2.64 bits per heavy atom. The number of amides is 1. The fourth-order valence-corrected chi connectivity index (χ4v) is 0.795. The molecule has 0 heterocycles. The van der Waals surface area contributed by atoms with Crippen LogP contribution in [-0.2, 0) is 9.59 Å². The molecule has 6 heteroatoms. The quantitative estimate of drug-likeness (QED) is 0.379. The van der Waals surface area contributed by atoms with Gasteiger partial charge in [0.1, 0.15) is 12.4 Å². The molecular weight excluding hydrogens is 186 g/mol. The van der Waals surface area contributed by atoms with E-state index >= 15 is 0 Å². The maximum Gasteiger partial charge on any atom is 0.323 e. The first-order valence-corrected chi connectivity index (χ1v) is 3.78. The summed E-state index contributed by atoms with van der Waals surface area (Å²) >= 11 is 0. The van der Waals surface area contributed by atoms with Gasteiger partial charge in [0.25, 0.3) is 0 Å². The number of hydrogen-bond acceptors (Lipinski definition) is 4. The number of carbonyl (C=O) groups excluding carboxylic acids is 1. The minimum absolute atomic E-state index is 0.148. The van der Waals surface area contributed by atoms with E-state index in [1.54, 1.807) is 0 Å². The van der Waals surface area contributed by atoms with Crippen LogP contribution in [0.5, 0.6) is 0 Å². The molecule has 14 heavy (non-hydrogen) atoms. The minimum atomic E-state index is -1.01. The highest BCUT2D eigenvalue weighted by molar-refractivity contribution is 5.69. The average Bonchev–Trinajstić information content (AvgIpc) is 2.12. The van der Waals surface area contributed by atoms with Gasteiger partial charge < -0.3 is 21.1 Å². The average molecular weight is 199 g/mol. The Morgan fingerprint density at radius 1 is 1.71 bits per heavy atom. The van der Waals surface area contributed by atoms with Crippen molar-refractivity contribution < 1.29 is 14.7 Å². The standard InChI is InChI=1S/C8H13N3O3/c1-3-6(10-5-12)8(9)11(2)4-7(13)14/h3,5H,1,4,9H2,2H3,(H,10,12)(H,13,14)/b8-6-. The van der Waals surface area contributed by atoms with Gasteiger partial charge >= 0.3 is 5.97 Å². The predicted octanol–water partition coefficient (Wildman–Crippen LogP) is -0.937. The van der Waals surface area contributed by atoms with E-state index in [4.69, 9.17) is 10.8 Å². The highest BCUT2D eigenvalue weighted by Gasteiger charge is 2.08. The molecule has 6 nitrogen and oxygen atoms in total. The third-order valence-corrected chi connectivity index (χ3v) is 1.48. The maximum atomic E-state index is 10.3. The molecule has 0 fully saturated rings. The van der Waals surface area contributed by atoms with Gasteiger partial charge in [-0.25, -0.2) is 0 Å². The van der Waals surface area contributed by atoms with Crippen LogP contribution in [0.1, 0.15) is 0 Å². The van der Waals surface area contributed by atoms with Crippen molar-refractivity contribution in [1.29, 1.82) is 0 Å². The third-order valence-electron chi connectivity index (χ3n) is 1.48. The lowest BCUT2D eigenvalue weighted by molar-refractivity contribution is -0.137. The van der Waals surface area contributed by atoms with Crippen LogP contribution in [0.2, 0.25) is 0 Å². The van der Waals surface area contributed by atoms with Crippen LogP contribution in [0.3, 0.4) is 0 Å². The summed E-state index contributed by atoms with van der Waals surface area (Å²) in [5.74, 6) is -0.862. The molecule has 0 aliphatic rings. The number of rotatable bonds is 6. The van der Waals surface area contributed by atoms with Crippen LogP contribution >= 0.6 is 0 Å². The van der Waals surface area contributed by atoms with E-state index in [0.717, 1.165) is 0 Å². The Labute approximate surface area is 81.7 Å². The van der Waals surface area contributed by atoms with Gasteiger partial charge in [-0.05, 0) is 6.08 Å². The van der Waals surface area contributed by atoms with Crippen molar-refractivity contribution in [3.63, 3.8) is 0 Å². The molecule has 0 aromatic rings. The summed E-state index contributed by atoms with van der Waals surface area (Å²) in [5.41, 5.74) is 5.84. The van der Waals surface area contributed by atoms with Crippen molar-refractivity contribution in [2.75, 3.05) is 13.6 Å². The van der Waals surface area contributed by atoms with E-state index in [1.165, 1.54) is 18.0 Å². The summed E-state index contributed by atoms with van der Waals surface area (Å²) in [4.78, 5) is 21.8. The number of nitrogens with zero attached hydrogens (tertiary/aromatic N) is 1. The summed E-state index contributed by atoms with van der Waals surface area (Å²) in [6.07, 6.45) is 1.78. The lowest BCUT2D eigenvalue weighted by Crippen LogP contribution is -2.32. The SMILES string of the molecule is C=C/C(NC=O)=C(\N)N(C)CC(=O)O. The van der Waals surface area contributed by atoms with Crippen LogP contribution < -0.4 is 11.1 Å². The third kappa shape index (κ3) is 3.61. The number of allylic oxidation sites excluding steroid dienone is 1. The van der Waals surface area contributed by atoms with E-state index in [0.29, 0.717) is 6.41 Å². The number of hydrogen-bond donors (Lipinski definition) is 3. The summed E-state index contributed by atoms with van der Waals surface area (Å²) in [6.45, 7) is 3.18. The maximum absolute atomic E-state index is 10.3. The van der Waals surface area contributed by atoms with E-state index in [-0.39, 0.29) is 18.1 Å². The molecule has 1 amide bonds. The molecule has 0 atom stereocenters. The number of aliphatic carboxylic acids is 1. The molecule has 0 bridgehead atoms. The molecule has 0 aromatic carbocycles. The van der Waals surface area contributed by atoms with Gasteiger partial charge in [0.2, 0.25) is 6.41 Å². The van der Waals surface area contributed by atoms with Crippen LogP contribution in [0.15, 0.2) is 24.2 Å². The zero-order valence-electron chi connectivity index (χ0n) is 7.86. The smallest absolute Gasteiger partial charge is 0.323 e. The number of nitrogens with two attached hydrogens (primary N) is 1. The lowest BCUT2D eigenvalue weighted by atomic mass is 10.4. The number of carboxylic acid groups (broad SMARTS) is 1. The molecule has 0 unspecified atom stereocenters. The highest BCUT2D eigenvalue weighted by Crippen LogP contribution is 2.00. The molecule has 0 spiro atoms. The molecule has 0 radical (unpaired) electrons. The topological polar surface area (TPSA) is 95.7 Å². The van der Waals surface area contributed by atoms with Crippen molar-refractivity contribution in [2.45, 2.75) is 0 Å². The first kappa shape index (κ1) is 12.0. The van der Waals surface area contributed by atoms with Crippen LogP contribution in [0, 0.1) is 0 Å². The Bertz CT molecular complexity index is 273. The predicted molar refractivity (Wildman–Crippen MR) is 50.9 cm³/mol. The van der Waals surface area contributed by atoms with Crippen molar-refractivity contribution in [1.82, 2.24) is 10.2 Å². The largest absolute Gasteiger partial charge is 0.480 e. The Balaban J connectivity index is 4.65. The van der Waals surface area contributed by atoms with Gasteiger partial charge in [-0.3, -0.25) is 9.59 Å². The fourth-order valence-electron chi connectivity index (χ4n) is 0.795. The number of carboxylic acids is 1. The Morgan fingerprint density at radius 2 is 2.29 bits per heavy atom. The van der Waals surface area contributed by atoms with Crippen molar-refractivity contribution in [2.24, 2.45) is 5.73 Å². The van der Waals surface area contributed by atoms with E-state index < -0.39 is 5.97 Å². The Kier molecular flexibility index (Phi) is 4.83. The second-order valence-electron chi connectivity index (χ2n) is 2.52. The summed E-state index contributed by atoms with van der Waals surface area (Å²) in [7, 11) is 1.50. The molecule has 0 saturated heterocycles. The first-order chi connectivity index (χ1) is 6.52. The molecule has 0 aliphatic carbocycles. The Hall–Kier alpha value is -1.98. The molecule has 0 aliphatic heterocycles. The van der Waals surface area contributed by atoms with Crippen molar-refractivity contribution >= 4 is 12.4 Å². The van der Waals surface area contributed by atoms with Gasteiger partial charge in [-0.1, -0.05) is 6.58 Å². The second kappa shape index (κ2) is 5.63. The second-order valence-corrected chi connectivity index (χ2v) is 2.52. The van der Waals surface area contributed by atoms with Crippen LogP contribution in [-0.4, -0.2) is 36.0 Å². The van der Waals surface area contributed by atoms with Crippen LogP contribution in [0.25, 0.3) is 0 Å². The molecule has 4 N–H and O–H groups in total. The van der Waals surface area contributed by atoms with Gasteiger partial charge in [-0.2, -0.15) is 0 Å². The van der Waals surface area contributed by atoms with E-state index in [9.17, 15) is 9.59 Å². The molecule has 78 valence electrons. The van der Waals surface area contributed by atoms with Gasteiger partial charge in [0, 0.05) is 7.05 Å². The number of likely N-dealkylation sites (N-methyl/N-ethyl adjacent to an activating group) is 1. The summed E-state index contributed by atoms with van der Waals surface area (Å²) < 4.78 is 0. The molecule has 0 saturated carbocycles. The minimum Gasteiger partial charge on any atom is -0.480 e. The first-order valence-electron chi connectivity index (χ1n) is 3.78. The van der Waals surface area contributed by atoms with E-state index in [1.807, 2.05) is 0 Å². The molecule has 0 aromatic heterocycles. The lowest BCUT2D eigenvalue weighted by Gasteiger charge is -2.18. The highest BCUT2D eigenvalue weighted by atomic mass is 16.4. The zero-order valence-corrected chi connectivity index (χ0v) is 7.86. The van der Waals surface area contributed by atoms with Crippen molar-refractivity contribution in [3.8, 4) is 0 Å². The normalized spacial score (nSPS) is 11.2. The fraction of sp³-hybridized carbons (Fsp3) is 0.250. The van der Waals surface area contributed by atoms with E-state index in [2.05, 4.69) is 11.9 Å². The van der Waals surface area contributed by atoms with Crippen LogP contribution in [0.4, 0.5) is 0 Å². The zero-order chi connectivity index (χ0) is 11.1.